The summed E-state index contributed by atoms with van der Waals surface area (Å²) in [5, 5.41) is 12.1. The van der Waals surface area contributed by atoms with E-state index in [-0.39, 0.29) is 5.92 Å². The summed E-state index contributed by atoms with van der Waals surface area (Å²) in [4.78, 5) is 14.6. The van der Waals surface area contributed by atoms with Crippen molar-refractivity contribution in [2.75, 3.05) is 13.1 Å². The molecule has 2 atom stereocenters. The molecule has 0 aliphatic carbocycles. The first-order chi connectivity index (χ1) is 7.68. The Morgan fingerprint density at radius 3 is 3.00 bits per heavy atom. The van der Waals surface area contributed by atoms with E-state index in [2.05, 4.69) is 10.3 Å². The third kappa shape index (κ3) is 2.19. The van der Waals surface area contributed by atoms with E-state index in [9.17, 15) is 9.18 Å². The summed E-state index contributed by atoms with van der Waals surface area (Å²) in [5.74, 6) is -1.89. The van der Waals surface area contributed by atoms with Crippen LogP contribution >= 0.6 is 0 Å². The molecule has 2 unspecified atom stereocenters. The molecule has 2 heterocycles. The standard InChI is InChI=1S/C11H13FN2O2/c12-10-2-1-7(5-14-10)8-3-4-13-6-9(8)11(15)16/h1-2,5,8-9,13H,3-4,6H2,(H,15,16). The Labute approximate surface area is 92.5 Å². The number of halogens is 1. The lowest BCUT2D eigenvalue weighted by molar-refractivity contribution is -0.142. The molecular weight excluding hydrogens is 211 g/mol. The first-order valence-corrected chi connectivity index (χ1v) is 5.23. The minimum atomic E-state index is -0.818. The topological polar surface area (TPSA) is 62.2 Å². The molecule has 86 valence electrons. The Balaban J connectivity index is 2.23. The Bertz CT molecular complexity index is 380. The maximum absolute atomic E-state index is 12.7. The molecule has 1 fully saturated rings. The van der Waals surface area contributed by atoms with Crippen LogP contribution in [0.3, 0.4) is 0 Å². The average molecular weight is 224 g/mol. The van der Waals surface area contributed by atoms with Crippen LogP contribution < -0.4 is 5.32 Å². The number of nitrogens with one attached hydrogen (secondary N) is 1. The molecule has 0 radical (unpaired) electrons. The van der Waals surface area contributed by atoms with E-state index in [1.54, 1.807) is 6.07 Å². The van der Waals surface area contributed by atoms with Crippen LogP contribution in [0.2, 0.25) is 0 Å². The minimum absolute atomic E-state index is 0.0770. The Morgan fingerprint density at radius 1 is 1.56 bits per heavy atom. The summed E-state index contributed by atoms with van der Waals surface area (Å²) < 4.78 is 12.7. The Morgan fingerprint density at radius 2 is 2.38 bits per heavy atom. The number of piperidine rings is 1. The van der Waals surface area contributed by atoms with Gasteiger partial charge in [0, 0.05) is 18.7 Å². The van der Waals surface area contributed by atoms with Gasteiger partial charge in [-0.2, -0.15) is 4.39 Å². The monoisotopic (exact) mass is 224 g/mol. The smallest absolute Gasteiger partial charge is 0.308 e. The first-order valence-electron chi connectivity index (χ1n) is 5.23. The maximum atomic E-state index is 12.7. The van der Waals surface area contributed by atoms with Crippen molar-refractivity contribution in [3.05, 3.63) is 29.8 Å². The fourth-order valence-electron chi connectivity index (χ4n) is 2.12. The van der Waals surface area contributed by atoms with Crippen molar-refractivity contribution >= 4 is 5.97 Å². The third-order valence-electron chi connectivity index (χ3n) is 2.98. The number of nitrogens with zero attached hydrogens (tertiary/aromatic N) is 1. The van der Waals surface area contributed by atoms with Crippen LogP contribution in [0.1, 0.15) is 17.9 Å². The SMILES string of the molecule is O=C(O)C1CNCCC1c1ccc(F)nc1. The van der Waals surface area contributed by atoms with Crippen molar-refractivity contribution in [1.29, 1.82) is 0 Å². The molecule has 4 nitrogen and oxygen atoms in total. The molecule has 5 heteroatoms. The summed E-state index contributed by atoms with van der Waals surface area (Å²) in [6, 6.07) is 2.89. The predicted octanol–water partition coefficient (Wildman–Crippen LogP) is 0.998. The van der Waals surface area contributed by atoms with Crippen molar-refractivity contribution < 1.29 is 14.3 Å². The number of pyridine rings is 1. The van der Waals surface area contributed by atoms with Gasteiger partial charge in [-0.1, -0.05) is 6.07 Å². The normalized spacial score (nSPS) is 25.3. The molecule has 1 aliphatic rings. The number of carbonyl (C=O) groups is 1. The molecule has 2 rings (SSSR count). The minimum Gasteiger partial charge on any atom is -0.481 e. The van der Waals surface area contributed by atoms with Crippen LogP contribution in [0.5, 0.6) is 0 Å². The van der Waals surface area contributed by atoms with Gasteiger partial charge in [-0.05, 0) is 24.6 Å². The van der Waals surface area contributed by atoms with Crippen LogP contribution in [-0.2, 0) is 4.79 Å². The van der Waals surface area contributed by atoms with Crippen molar-refractivity contribution in [3.63, 3.8) is 0 Å². The second kappa shape index (κ2) is 4.57. The molecule has 0 aromatic carbocycles. The van der Waals surface area contributed by atoms with Gasteiger partial charge in [0.15, 0.2) is 0 Å². The number of rotatable bonds is 2. The highest BCUT2D eigenvalue weighted by Crippen LogP contribution is 2.29. The van der Waals surface area contributed by atoms with Gasteiger partial charge in [0.05, 0.1) is 5.92 Å². The van der Waals surface area contributed by atoms with E-state index < -0.39 is 17.8 Å². The molecule has 0 saturated carbocycles. The largest absolute Gasteiger partial charge is 0.481 e. The highest BCUT2D eigenvalue weighted by Gasteiger charge is 2.31. The quantitative estimate of drug-likeness (QED) is 0.736. The number of hydrogen-bond acceptors (Lipinski definition) is 3. The lowest BCUT2D eigenvalue weighted by Gasteiger charge is -2.29. The van der Waals surface area contributed by atoms with Gasteiger partial charge in [0.25, 0.3) is 0 Å². The summed E-state index contributed by atoms with van der Waals surface area (Å²) in [5.41, 5.74) is 0.801. The molecule has 16 heavy (non-hydrogen) atoms. The zero-order valence-electron chi connectivity index (χ0n) is 8.69. The van der Waals surface area contributed by atoms with E-state index in [1.807, 2.05) is 0 Å². The molecule has 1 saturated heterocycles. The molecule has 1 aliphatic heterocycles. The summed E-state index contributed by atoms with van der Waals surface area (Å²) in [6.07, 6.45) is 2.17. The zero-order valence-corrected chi connectivity index (χ0v) is 8.69. The number of aromatic nitrogens is 1. The third-order valence-corrected chi connectivity index (χ3v) is 2.98. The average Bonchev–Trinajstić information content (AvgIpc) is 2.30. The van der Waals surface area contributed by atoms with E-state index in [4.69, 9.17) is 5.11 Å². The lowest BCUT2D eigenvalue weighted by atomic mass is 9.82. The second-order valence-corrected chi connectivity index (χ2v) is 3.96. The number of aliphatic carboxylic acids is 1. The maximum Gasteiger partial charge on any atom is 0.308 e. The Hall–Kier alpha value is -1.49. The predicted molar refractivity (Wildman–Crippen MR) is 55.5 cm³/mol. The molecule has 0 amide bonds. The van der Waals surface area contributed by atoms with E-state index in [1.165, 1.54) is 12.3 Å². The van der Waals surface area contributed by atoms with Crippen LogP contribution in [0.25, 0.3) is 0 Å². The summed E-state index contributed by atoms with van der Waals surface area (Å²) in [7, 11) is 0. The van der Waals surface area contributed by atoms with Crippen molar-refractivity contribution in [1.82, 2.24) is 10.3 Å². The molecule has 2 N–H and O–H groups in total. The van der Waals surface area contributed by atoms with Crippen molar-refractivity contribution in [2.24, 2.45) is 5.92 Å². The van der Waals surface area contributed by atoms with Gasteiger partial charge < -0.3 is 10.4 Å². The van der Waals surface area contributed by atoms with E-state index >= 15 is 0 Å². The lowest BCUT2D eigenvalue weighted by Crippen LogP contribution is -2.39. The summed E-state index contributed by atoms with van der Waals surface area (Å²) in [6.45, 7) is 1.24. The van der Waals surface area contributed by atoms with Gasteiger partial charge in [0.1, 0.15) is 0 Å². The van der Waals surface area contributed by atoms with Gasteiger partial charge in [-0.3, -0.25) is 4.79 Å². The van der Waals surface area contributed by atoms with Crippen molar-refractivity contribution in [2.45, 2.75) is 12.3 Å². The number of hydrogen-bond donors (Lipinski definition) is 2. The highest BCUT2D eigenvalue weighted by molar-refractivity contribution is 5.71. The van der Waals surface area contributed by atoms with Gasteiger partial charge in [-0.25, -0.2) is 4.98 Å². The number of carboxylic acid groups (broad SMARTS) is 1. The van der Waals surface area contributed by atoms with Gasteiger partial charge in [0.2, 0.25) is 5.95 Å². The molecular formula is C11H13FN2O2. The van der Waals surface area contributed by atoms with E-state index in [0.717, 1.165) is 18.5 Å². The highest BCUT2D eigenvalue weighted by atomic mass is 19.1. The second-order valence-electron chi connectivity index (χ2n) is 3.96. The van der Waals surface area contributed by atoms with Crippen LogP contribution in [0.4, 0.5) is 4.39 Å². The molecule has 1 aromatic heterocycles. The summed E-state index contributed by atoms with van der Waals surface area (Å²) >= 11 is 0. The van der Waals surface area contributed by atoms with Gasteiger partial charge in [-0.15, -0.1) is 0 Å². The van der Waals surface area contributed by atoms with Crippen molar-refractivity contribution in [3.8, 4) is 0 Å². The fraction of sp³-hybridized carbons (Fsp3) is 0.455. The zero-order chi connectivity index (χ0) is 11.5. The van der Waals surface area contributed by atoms with Crippen LogP contribution in [0, 0.1) is 11.9 Å². The molecule has 0 spiro atoms. The van der Waals surface area contributed by atoms with E-state index in [0.29, 0.717) is 6.54 Å². The van der Waals surface area contributed by atoms with Crippen LogP contribution in [-0.4, -0.2) is 29.1 Å². The number of carboxylic acids is 1. The molecule has 1 aromatic rings. The fourth-order valence-corrected chi connectivity index (χ4v) is 2.12. The Kier molecular flexibility index (Phi) is 3.14. The van der Waals surface area contributed by atoms with Gasteiger partial charge >= 0.3 is 5.97 Å². The van der Waals surface area contributed by atoms with Crippen LogP contribution in [0.15, 0.2) is 18.3 Å². The molecule has 0 bridgehead atoms. The first kappa shape index (κ1) is 11.0.